The number of benzene rings is 1. The maximum atomic E-state index is 12.0. The van der Waals surface area contributed by atoms with Crippen molar-refractivity contribution in [2.75, 3.05) is 0 Å². The predicted molar refractivity (Wildman–Crippen MR) is 72.4 cm³/mol. The standard InChI is InChI=1S/C13H19N3O3/c1-3-10(7-12(14)16-19)15-13(18)9-5-4-8(2)11(17)6-9/h4-6,10,17,19H,3,7H2,1-2H3,(H2,14,16)(H,15,18). The molecule has 0 spiro atoms. The summed E-state index contributed by atoms with van der Waals surface area (Å²) in [6.07, 6.45) is 0.927. The molecule has 1 atom stereocenters. The lowest BCUT2D eigenvalue weighted by molar-refractivity contribution is 0.0936. The van der Waals surface area contributed by atoms with Crippen molar-refractivity contribution in [1.82, 2.24) is 5.32 Å². The third kappa shape index (κ3) is 4.17. The second-order valence-corrected chi connectivity index (χ2v) is 4.38. The molecule has 6 heteroatoms. The highest BCUT2D eigenvalue weighted by molar-refractivity contribution is 5.95. The number of nitrogens with zero attached hydrogens (tertiary/aromatic N) is 1. The Morgan fingerprint density at radius 1 is 1.53 bits per heavy atom. The Bertz CT molecular complexity index is 486. The Labute approximate surface area is 111 Å². The monoisotopic (exact) mass is 265 g/mol. The van der Waals surface area contributed by atoms with Crippen LogP contribution < -0.4 is 11.1 Å². The van der Waals surface area contributed by atoms with Gasteiger partial charge in [0.05, 0.1) is 0 Å². The molecule has 1 aromatic carbocycles. The first kappa shape index (κ1) is 14.8. The van der Waals surface area contributed by atoms with Crippen molar-refractivity contribution >= 4 is 11.7 Å². The van der Waals surface area contributed by atoms with Crippen LogP contribution in [0.2, 0.25) is 0 Å². The Kier molecular flexibility index (Phi) is 5.17. The van der Waals surface area contributed by atoms with Gasteiger partial charge in [0.15, 0.2) is 0 Å². The van der Waals surface area contributed by atoms with Crippen LogP contribution in [-0.4, -0.2) is 28.1 Å². The van der Waals surface area contributed by atoms with Gasteiger partial charge in [-0.15, -0.1) is 0 Å². The Morgan fingerprint density at radius 3 is 2.74 bits per heavy atom. The predicted octanol–water partition coefficient (Wildman–Crippen LogP) is 1.35. The fourth-order valence-electron chi connectivity index (χ4n) is 1.61. The van der Waals surface area contributed by atoms with Crippen LogP contribution in [0.4, 0.5) is 0 Å². The molecule has 1 rings (SSSR count). The van der Waals surface area contributed by atoms with Gasteiger partial charge in [0.1, 0.15) is 11.6 Å². The summed E-state index contributed by atoms with van der Waals surface area (Å²) in [5.74, 6) is -0.149. The lowest BCUT2D eigenvalue weighted by Gasteiger charge is -2.16. The van der Waals surface area contributed by atoms with Crippen molar-refractivity contribution in [2.45, 2.75) is 32.7 Å². The number of hydrogen-bond donors (Lipinski definition) is 4. The fourth-order valence-corrected chi connectivity index (χ4v) is 1.61. The average Bonchev–Trinajstić information content (AvgIpc) is 2.40. The van der Waals surface area contributed by atoms with Gasteiger partial charge < -0.3 is 21.4 Å². The van der Waals surface area contributed by atoms with E-state index in [4.69, 9.17) is 10.9 Å². The third-order valence-electron chi connectivity index (χ3n) is 2.88. The molecule has 0 heterocycles. The third-order valence-corrected chi connectivity index (χ3v) is 2.88. The number of nitrogens with one attached hydrogen (secondary N) is 1. The molecule has 0 saturated carbocycles. The highest BCUT2D eigenvalue weighted by Crippen LogP contribution is 2.17. The number of rotatable bonds is 5. The molecule has 1 unspecified atom stereocenters. The van der Waals surface area contributed by atoms with Crippen molar-refractivity contribution in [1.29, 1.82) is 0 Å². The molecule has 5 N–H and O–H groups in total. The van der Waals surface area contributed by atoms with Crippen molar-refractivity contribution < 1.29 is 15.1 Å². The smallest absolute Gasteiger partial charge is 0.251 e. The summed E-state index contributed by atoms with van der Waals surface area (Å²) < 4.78 is 0. The van der Waals surface area contributed by atoms with Crippen LogP contribution in [-0.2, 0) is 0 Å². The molecule has 6 nitrogen and oxygen atoms in total. The highest BCUT2D eigenvalue weighted by Gasteiger charge is 2.14. The summed E-state index contributed by atoms with van der Waals surface area (Å²) >= 11 is 0. The maximum absolute atomic E-state index is 12.0. The summed E-state index contributed by atoms with van der Waals surface area (Å²) in [6, 6.07) is 4.52. The zero-order valence-corrected chi connectivity index (χ0v) is 11.1. The Hall–Kier alpha value is -2.24. The van der Waals surface area contributed by atoms with E-state index in [-0.39, 0.29) is 30.0 Å². The summed E-state index contributed by atoms with van der Waals surface area (Å²) in [5.41, 5.74) is 6.50. The number of hydrogen-bond acceptors (Lipinski definition) is 4. The number of phenols is 1. The molecule has 0 fully saturated rings. The molecule has 0 aliphatic rings. The Balaban J connectivity index is 2.74. The minimum Gasteiger partial charge on any atom is -0.508 e. The number of oxime groups is 1. The van der Waals surface area contributed by atoms with Crippen molar-refractivity contribution in [2.24, 2.45) is 10.9 Å². The van der Waals surface area contributed by atoms with Gasteiger partial charge in [-0.2, -0.15) is 0 Å². The fraction of sp³-hybridized carbons (Fsp3) is 0.385. The first-order valence-corrected chi connectivity index (χ1v) is 6.04. The van der Waals surface area contributed by atoms with Crippen molar-refractivity contribution in [3.8, 4) is 5.75 Å². The molecule has 0 radical (unpaired) electrons. The lowest BCUT2D eigenvalue weighted by atomic mass is 10.1. The van der Waals surface area contributed by atoms with Crippen LogP contribution in [0.5, 0.6) is 5.75 Å². The average molecular weight is 265 g/mol. The molecule has 0 aromatic heterocycles. The van der Waals surface area contributed by atoms with Crippen molar-refractivity contribution in [3.63, 3.8) is 0 Å². The number of carbonyl (C=O) groups is 1. The second kappa shape index (κ2) is 6.63. The molecule has 104 valence electrons. The molecule has 0 aliphatic heterocycles. The number of aryl methyl sites for hydroxylation is 1. The van der Waals surface area contributed by atoms with E-state index in [9.17, 15) is 9.90 Å². The normalized spacial score (nSPS) is 13.1. The quantitative estimate of drug-likeness (QED) is 0.279. The zero-order valence-electron chi connectivity index (χ0n) is 11.1. The molecule has 0 saturated heterocycles. The van der Waals surface area contributed by atoms with Crippen LogP contribution in [0.1, 0.15) is 35.7 Å². The lowest BCUT2D eigenvalue weighted by Crippen LogP contribution is -2.37. The highest BCUT2D eigenvalue weighted by atomic mass is 16.4. The molecule has 0 bridgehead atoms. The second-order valence-electron chi connectivity index (χ2n) is 4.38. The van der Waals surface area contributed by atoms with E-state index in [0.29, 0.717) is 17.5 Å². The molecule has 19 heavy (non-hydrogen) atoms. The summed E-state index contributed by atoms with van der Waals surface area (Å²) in [5, 5.41) is 23.7. The Morgan fingerprint density at radius 2 is 2.21 bits per heavy atom. The number of amidine groups is 1. The van der Waals surface area contributed by atoms with E-state index < -0.39 is 0 Å². The topological polar surface area (TPSA) is 108 Å². The van der Waals surface area contributed by atoms with Crippen LogP contribution >= 0.6 is 0 Å². The molecular formula is C13H19N3O3. The van der Waals surface area contributed by atoms with E-state index in [1.807, 2.05) is 6.92 Å². The minimum absolute atomic E-state index is 0.0684. The van der Waals surface area contributed by atoms with Crippen LogP contribution in [0.25, 0.3) is 0 Å². The van der Waals surface area contributed by atoms with Gasteiger partial charge in [-0.05, 0) is 31.0 Å². The van der Waals surface area contributed by atoms with Gasteiger partial charge >= 0.3 is 0 Å². The minimum atomic E-state index is -0.298. The summed E-state index contributed by atoms with van der Waals surface area (Å²) in [7, 11) is 0. The summed E-state index contributed by atoms with van der Waals surface area (Å²) in [6.45, 7) is 3.65. The van der Waals surface area contributed by atoms with Crippen molar-refractivity contribution in [3.05, 3.63) is 29.3 Å². The van der Waals surface area contributed by atoms with Gasteiger partial charge in [0.2, 0.25) is 0 Å². The molecular weight excluding hydrogens is 246 g/mol. The zero-order chi connectivity index (χ0) is 14.4. The van der Waals surface area contributed by atoms with E-state index in [0.717, 1.165) is 0 Å². The van der Waals surface area contributed by atoms with Gasteiger partial charge in [-0.3, -0.25) is 4.79 Å². The maximum Gasteiger partial charge on any atom is 0.251 e. The van der Waals surface area contributed by atoms with E-state index in [1.54, 1.807) is 19.1 Å². The molecule has 1 aromatic rings. The molecule has 0 aliphatic carbocycles. The largest absolute Gasteiger partial charge is 0.508 e. The number of carbonyl (C=O) groups excluding carboxylic acids is 1. The van der Waals surface area contributed by atoms with E-state index >= 15 is 0 Å². The first-order valence-electron chi connectivity index (χ1n) is 6.04. The van der Waals surface area contributed by atoms with Crippen LogP contribution in [0, 0.1) is 6.92 Å². The van der Waals surface area contributed by atoms with Gasteiger partial charge in [0, 0.05) is 18.0 Å². The van der Waals surface area contributed by atoms with Gasteiger partial charge in [-0.25, -0.2) is 0 Å². The SMILES string of the molecule is CCC(CC(N)=NO)NC(=O)c1ccc(C)c(O)c1. The van der Waals surface area contributed by atoms with Gasteiger partial charge in [0.25, 0.3) is 5.91 Å². The number of aromatic hydroxyl groups is 1. The van der Waals surface area contributed by atoms with Gasteiger partial charge in [-0.1, -0.05) is 18.1 Å². The van der Waals surface area contributed by atoms with E-state index in [1.165, 1.54) is 6.07 Å². The summed E-state index contributed by atoms with van der Waals surface area (Å²) in [4.78, 5) is 12.0. The number of nitrogens with two attached hydrogens (primary N) is 1. The van der Waals surface area contributed by atoms with E-state index in [2.05, 4.69) is 10.5 Å². The number of amides is 1. The number of phenolic OH excluding ortho intramolecular Hbond substituents is 1. The van der Waals surface area contributed by atoms with Crippen LogP contribution in [0.15, 0.2) is 23.4 Å². The van der Waals surface area contributed by atoms with Crippen LogP contribution in [0.3, 0.4) is 0 Å². The first-order chi connectivity index (χ1) is 8.97. The molecule has 1 amide bonds.